The van der Waals surface area contributed by atoms with Crippen LogP contribution < -0.4 is 22.9 Å². The first-order valence-electron chi connectivity index (χ1n) is 10.4. The van der Waals surface area contributed by atoms with Crippen molar-refractivity contribution in [2.24, 2.45) is 0 Å². The largest absolute Gasteiger partial charge is 0.399 e. The Labute approximate surface area is 205 Å². The second kappa shape index (κ2) is 10.5. The Morgan fingerprint density at radius 3 is 1.21 bits per heavy atom. The first kappa shape index (κ1) is 24.3. The summed E-state index contributed by atoms with van der Waals surface area (Å²) in [5.74, 6) is 0. The average Bonchev–Trinajstić information content (AvgIpc) is 2.78. The van der Waals surface area contributed by atoms with Gasteiger partial charge in [0.1, 0.15) is 0 Å². The van der Waals surface area contributed by atoms with Crippen LogP contribution in [0, 0.1) is 13.8 Å². The number of halogens is 2. The Morgan fingerprint density at radius 2 is 0.879 bits per heavy atom. The van der Waals surface area contributed by atoms with Gasteiger partial charge in [-0.05, 0) is 102 Å². The van der Waals surface area contributed by atoms with Crippen LogP contribution in [0.3, 0.4) is 0 Å². The Kier molecular flexibility index (Phi) is 7.75. The summed E-state index contributed by atoms with van der Waals surface area (Å²) < 4.78 is 0. The minimum Gasteiger partial charge on any atom is -0.399 e. The zero-order valence-corrected chi connectivity index (χ0v) is 20.2. The lowest BCUT2D eigenvalue weighted by atomic mass is 10.0. The monoisotopic (exact) mass is 478 g/mol. The van der Waals surface area contributed by atoms with Gasteiger partial charge in [-0.25, -0.2) is 0 Å². The first-order chi connectivity index (χ1) is 15.6. The van der Waals surface area contributed by atoms with E-state index in [4.69, 9.17) is 46.1 Å². The minimum absolute atomic E-state index is 0.573. The van der Waals surface area contributed by atoms with Crippen molar-refractivity contribution in [3.8, 4) is 11.1 Å². The third-order valence-corrected chi connectivity index (χ3v) is 6.07. The molecule has 170 valence electrons. The second-order valence-electron chi connectivity index (χ2n) is 8.03. The molecule has 0 spiro atoms. The van der Waals surface area contributed by atoms with Crippen LogP contribution in [0.5, 0.6) is 0 Å². The third-order valence-electron chi connectivity index (χ3n) is 5.41. The van der Waals surface area contributed by atoms with Crippen molar-refractivity contribution in [2.45, 2.75) is 20.3 Å². The van der Waals surface area contributed by atoms with Crippen molar-refractivity contribution in [2.75, 3.05) is 22.9 Å². The van der Waals surface area contributed by atoms with Gasteiger partial charge in [0.25, 0.3) is 0 Å². The Hall–Kier alpha value is -3.34. The van der Waals surface area contributed by atoms with E-state index in [-0.39, 0.29) is 0 Å². The van der Waals surface area contributed by atoms with Gasteiger partial charge in [-0.1, -0.05) is 47.5 Å². The fourth-order valence-electron chi connectivity index (χ4n) is 3.31. The molecule has 4 nitrogen and oxygen atoms in total. The Bertz CT molecular complexity index is 1190. The van der Waals surface area contributed by atoms with E-state index in [1.807, 2.05) is 62.4 Å². The molecule has 0 saturated heterocycles. The van der Waals surface area contributed by atoms with Crippen LogP contribution in [0.1, 0.15) is 22.3 Å². The van der Waals surface area contributed by atoms with Crippen molar-refractivity contribution in [3.63, 3.8) is 0 Å². The van der Waals surface area contributed by atoms with Crippen molar-refractivity contribution in [1.82, 2.24) is 0 Å². The van der Waals surface area contributed by atoms with Crippen LogP contribution in [0.15, 0.2) is 72.8 Å². The lowest BCUT2D eigenvalue weighted by Crippen LogP contribution is -1.93. The first-order valence-corrected chi connectivity index (χ1v) is 11.2. The summed E-state index contributed by atoms with van der Waals surface area (Å²) in [7, 11) is 0. The third kappa shape index (κ3) is 6.35. The van der Waals surface area contributed by atoms with Crippen LogP contribution in [0.2, 0.25) is 10.0 Å². The van der Waals surface area contributed by atoms with E-state index >= 15 is 0 Å². The zero-order valence-electron chi connectivity index (χ0n) is 18.7. The quantitative estimate of drug-likeness (QED) is 0.240. The molecule has 0 amide bonds. The predicted octanol–water partition coefficient (Wildman–Crippen LogP) is 6.88. The molecule has 0 unspecified atom stereocenters. The number of nitrogen functional groups attached to an aromatic ring is 4. The van der Waals surface area contributed by atoms with Gasteiger partial charge >= 0.3 is 0 Å². The highest BCUT2D eigenvalue weighted by molar-refractivity contribution is 6.33. The summed E-state index contributed by atoms with van der Waals surface area (Å²) in [5, 5.41) is 1.15. The highest BCUT2D eigenvalue weighted by Crippen LogP contribution is 2.26. The summed E-state index contributed by atoms with van der Waals surface area (Å²) in [6, 6.07) is 23.4. The normalized spacial score (nSPS) is 10.4. The van der Waals surface area contributed by atoms with E-state index in [1.54, 1.807) is 12.1 Å². The summed E-state index contributed by atoms with van der Waals surface area (Å²) in [6.45, 7) is 4.03. The molecule has 4 rings (SSSR count). The molecule has 0 atom stereocenters. The molecule has 0 radical (unpaired) electrons. The van der Waals surface area contributed by atoms with Gasteiger partial charge in [0.05, 0.1) is 21.4 Å². The molecule has 0 fully saturated rings. The molecule has 4 aromatic carbocycles. The Balaban J connectivity index is 0.000000186. The number of anilines is 4. The minimum atomic E-state index is 0.573. The van der Waals surface area contributed by atoms with Gasteiger partial charge in [0.15, 0.2) is 0 Å². The highest BCUT2D eigenvalue weighted by Gasteiger charge is 2.03. The lowest BCUT2D eigenvalue weighted by Gasteiger charge is -2.07. The van der Waals surface area contributed by atoms with Crippen LogP contribution in [0.4, 0.5) is 22.7 Å². The van der Waals surface area contributed by atoms with Gasteiger partial charge in [-0.2, -0.15) is 0 Å². The molecule has 0 aliphatic rings. The van der Waals surface area contributed by atoms with Crippen molar-refractivity contribution in [1.29, 1.82) is 0 Å². The van der Waals surface area contributed by atoms with Gasteiger partial charge in [0, 0.05) is 11.4 Å². The molecular formula is C27H28Cl2N4. The summed E-state index contributed by atoms with van der Waals surface area (Å²) >= 11 is 11.9. The number of nitrogens with two attached hydrogens (primary N) is 4. The smallest absolute Gasteiger partial charge is 0.0638 e. The molecule has 0 aliphatic carbocycles. The molecule has 4 aromatic rings. The Morgan fingerprint density at radius 1 is 0.515 bits per heavy atom. The highest BCUT2D eigenvalue weighted by atomic mass is 35.5. The molecule has 33 heavy (non-hydrogen) atoms. The second-order valence-corrected chi connectivity index (χ2v) is 8.85. The maximum Gasteiger partial charge on any atom is 0.0638 e. The standard InChI is InChI=1S/C14H16N2.C13H12Cl2N2/c1-9-7-11(3-5-13(9)15)12-4-6-14(16)10(2)8-12;14-10-6-8(1-3-12(10)16)5-9-2-4-13(17)11(15)7-9/h3-8H,15-16H2,1-2H3;1-4,6-7H,5,16-17H2. The van der Waals surface area contributed by atoms with Gasteiger partial charge in [-0.3, -0.25) is 0 Å². The number of rotatable bonds is 3. The number of aryl methyl sites for hydroxylation is 2. The SMILES string of the molecule is Cc1cc(-c2ccc(N)c(C)c2)ccc1N.Nc1ccc(Cc2ccc(N)c(Cl)c2)cc1Cl. The average molecular weight is 479 g/mol. The molecule has 0 heterocycles. The molecule has 0 aromatic heterocycles. The molecule has 8 N–H and O–H groups in total. The van der Waals surface area contributed by atoms with Crippen molar-refractivity contribution < 1.29 is 0 Å². The van der Waals surface area contributed by atoms with E-state index in [1.165, 1.54) is 11.1 Å². The maximum absolute atomic E-state index is 5.97. The summed E-state index contributed by atoms with van der Waals surface area (Å²) in [5.41, 5.74) is 32.5. The van der Waals surface area contributed by atoms with Crippen molar-refractivity contribution in [3.05, 3.63) is 105 Å². The number of benzene rings is 4. The number of hydrogen-bond acceptors (Lipinski definition) is 4. The van der Waals surface area contributed by atoms with Gasteiger partial charge < -0.3 is 22.9 Å². The summed E-state index contributed by atoms with van der Waals surface area (Å²) in [6.07, 6.45) is 0.750. The maximum atomic E-state index is 5.97. The van der Waals surface area contributed by atoms with Gasteiger partial charge in [0.2, 0.25) is 0 Å². The molecule has 0 bridgehead atoms. The lowest BCUT2D eigenvalue weighted by molar-refractivity contribution is 1.19. The predicted molar refractivity (Wildman–Crippen MR) is 145 cm³/mol. The van der Waals surface area contributed by atoms with Crippen molar-refractivity contribution >= 4 is 46.0 Å². The van der Waals surface area contributed by atoms with Gasteiger partial charge in [-0.15, -0.1) is 0 Å². The molecule has 0 aliphatic heterocycles. The number of hydrogen-bond donors (Lipinski definition) is 4. The topological polar surface area (TPSA) is 104 Å². The van der Waals surface area contributed by atoms with E-state index in [0.717, 1.165) is 40.0 Å². The van der Waals surface area contributed by atoms with Crippen LogP contribution in [0.25, 0.3) is 11.1 Å². The van der Waals surface area contributed by atoms with Crippen LogP contribution >= 0.6 is 23.2 Å². The molecular weight excluding hydrogens is 451 g/mol. The van der Waals surface area contributed by atoms with E-state index in [9.17, 15) is 0 Å². The summed E-state index contributed by atoms with van der Waals surface area (Å²) in [4.78, 5) is 0. The molecule has 6 heteroatoms. The van der Waals surface area contributed by atoms with E-state index < -0.39 is 0 Å². The van der Waals surface area contributed by atoms with E-state index in [2.05, 4.69) is 12.1 Å². The fourth-order valence-corrected chi connectivity index (χ4v) is 3.71. The van der Waals surface area contributed by atoms with Crippen LogP contribution in [-0.4, -0.2) is 0 Å². The van der Waals surface area contributed by atoms with E-state index in [0.29, 0.717) is 21.4 Å². The zero-order chi connectivity index (χ0) is 24.1. The van der Waals surface area contributed by atoms with Crippen LogP contribution in [-0.2, 0) is 6.42 Å². The molecule has 0 saturated carbocycles. The fraction of sp³-hybridized carbons (Fsp3) is 0.111.